The second-order valence-electron chi connectivity index (χ2n) is 5.40. The lowest BCUT2D eigenvalue weighted by molar-refractivity contribution is 0.203. The molecule has 0 radical (unpaired) electrons. The highest BCUT2D eigenvalue weighted by atomic mass is 79.9. The highest BCUT2D eigenvalue weighted by Crippen LogP contribution is 2.26. The molecule has 0 aliphatic rings. The van der Waals surface area contributed by atoms with Crippen molar-refractivity contribution in [3.8, 4) is 0 Å². The molecule has 1 atom stereocenters. The Balaban J connectivity index is 2.82. The Morgan fingerprint density at radius 1 is 1.33 bits per heavy atom. The van der Waals surface area contributed by atoms with Gasteiger partial charge in [0.1, 0.15) is 0 Å². The first-order valence-electron chi connectivity index (χ1n) is 7.88. The van der Waals surface area contributed by atoms with Crippen molar-refractivity contribution in [3.63, 3.8) is 0 Å². The van der Waals surface area contributed by atoms with E-state index in [1.807, 2.05) is 0 Å². The van der Waals surface area contributed by atoms with E-state index in [1.165, 1.54) is 15.7 Å². The summed E-state index contributed by atoms with van der Waals surface area (Å²) < 4.78 is 6.42. The minimum atomic E-state index is 0.510. The van der Waals surface area contributed by atoms with E-state index in [0.717, 1.165) is 39.1 Å². The molecule has 0 amide bonds. The maximum absolute atomic E-state index is 5.24. The number of methoxy groups -OCH3 is 1. The van der Waals surface area contributed by atoms with Gasteiger partial charge in [0.05, 0.1) is 6.61 Å². The van der Waals surface area contributed by atoms with Gasteiger partial charge in [-0.15, -0.1) is 0 Å². The Morgan fingerprint density at radius 3 is 2.67 bits per heavy atom. The van der Waals surface area contributed by atoms with Crippen LogP contribution < -0.4 is 10.2 Å². The van der Waals surface area contributed by atoms with Crippen LogP contribution in [0.5, 0.6) is 0 Å². The van der Waals surface area contributed by atoms with Gasteiger partial charge in [-0.25, -0.2) is 0 Å². The lowest BCUT2D eigenvalue weighted by Crippen LogP contribution is -2.35. The van der Waals surface area contributed by atoms with Crippen LogP contribution in [0.2, 0.25) is 0 Å². The minimum Gasteiger partial charge on any atom is -0.383 e. The molecule has 0 fully saturated rings. The van der Waals surface area contributed by atoms with Gasteiger partial charge in [0.25, 0.3) is 0 Å². The molecule has 120 valence electrons. The van der Waals surface area contributed by atoms with Crippen LogP contribution in [0.3, 0.4) is 0 Å². The summed E-state index contributed by atoms with van der Waals surface area (Å²) >= 11 is 3.71. The number of ether oxygens (including phenoxy) is 1. The molecule has 4 heteroatoms. The largest absolute Gasteiger partial charge is 0.383 e. The summed E-state index contributed by atoms with van der Waals surface area (Å²) in [4.78, 5) is 2.41. The molecule has 1 N–H and O–H groups in total. The van der Waals surface area contributed by atoms with Crippen LogP contribution in [-0.2, 0) is 11.3 Å². The number of nitrogens with zero attached hydrogens (tertiary/aromatic N) is 1. The lowest BCUT2D eigenvalue weighted by atomic mass is 10.1. The van der Waals surface area contributed by atoms with Gasteiger partial charge >= 0.3 is 0 Å². The van der Waals surface area contributed by atoms with Crippen molar-refractivity contribution in [2.24, 2.45) is 0 Å². The monoisotopic (exact) mass is 356 g/mol. The van der Waals surface area contributed by atoms with Crippen molar-refractivity contribution in [2.45, 2.75) is 46.2 Å². The molecule has 1 aromatic rings. The van der Waals surface area contributed by atoms with Gasteiger partial charge in [-0.1, -0.05) is 35.8 Å². The normalized spacial score (nSPS) is 12.4. The average molecular weight is 357 g/mol. The average Bonchev–Trinajstić information content (AvgIpc) is 2.49. The van der Waals surface area contributed by atoms with Gasteiger partial charge in [0.2, 0.25) is 0 Å². The smallest absolute Gasteiger partial charge is 0.0637 e. The third kappa shape index (κ3) is 5.97. The van der Waals surface area contributed by atoms with E-state index in [1.54, 1.807) is 7.11 Å². The molecule has 1 rings (SSSR count). The highest BCUT2D eigenvalue weighted by molar-refractivity contribution is 9.10. The molecule has 0 spiro atoms. The van der Waals surface area contributed by atoms with E-state index in [9.17, 15) is 0 Å². The summed E-state index contributed by atoms with van der Waals surface area (Å²) in [7, 11) is 1.76. The molecule has 0 aliphatic heterocycles. The zero-order valence-corrected chi connectivity index (χ0v) is 15.4. The van der Waals surface area contributed by atoms with Gasteiger partial charge in [0.15, 0.2) is 0 Å². The molecule has 0 saturated heterocycles. The summed E-state index contributed by atoms with van der Waals surface area (Å²) in [6, 6.07) is 7.17. The molecule has 0 bridgehead atoms. The quantitative estimate of drug-likeness (QED) is 0.635. The summed E-state index contributed by atoms with van der Waals surface area (Å²) in [6.07, 6.45) is 2.29. The van der Waals surface area contributed by atoms with Crippen LogP contribution in [-0.4, -0.2) is 32.8 Å². The Bertz CT molecular complexity index is 412. The molecule has 3 nitrogen and oxygen atoms in total. The minimum absolute atomic E-state index is 0.510. The number of nitrogens with one attached hydrogen (secondary N) is 1. The maximum Gasteiger partial charge on any atom is 0.0637 e. The first-order valence-corrected chi connectivity index (χ1v) is 8.68. The van der Waals surface area contributed by atoms with E-state index < -0.39 is 0 Å². The summed E-state index contributed by atoms with van der Waals surface area (Å²) in [5.74, 6) is 0. The van der Waals surface area contributed by atoms with E-state index in [0.29, 0.717) is 6.04 Å². The van der Waals surface area contributed by atoms with Crippen molar-refractivity contribution >= 4 is 21.6 Å². The summed E-state index contributed by atoms with van der Waals surface area (Å²) in [6.45, 7) is 10.3. The highest BCUT2D eigenvalue weighted by Gasteiger charge is 2.14. The molecule has 21 heavy (non-hydrogen) atoms. The topological polar surface area (TPSA) is 24.5 Å². The van der Waals surface area contributed by atoms with Gasteiger partial charge in [-0.05, 0) is 44.0 Å². The van der Waals surface area contributed by atoms with E-state index in [4.69, 9.17) is 4.74 Å². The molecule has 0 aromatic heterocycles. The van der Waals surface area contributed by atoms with Crippen molar-refractivity contribution in [1.82, 2.24) is 5.32 Å². The predicted molar refractivity (Wildman–Crippen MR) is 95.1 cm³/mol. The Kier molecular flexibility index (Phi) is 8.97. The number of benzene rings is 1. The fourth-order valence-corrected chi connectivity index (χ4v) is 2.78. The fourth-order valence-electron chi connectivity index (χ4n) is 2.27. The number of hydrogen-bond acceptors (Lipinski definition) is 3. The van der Waals surface area contributed by atoms with E-state index >= 15 is 0 Å². The number of rotatable bonds is 10. The molecule has 0 saturated carbocycles. The van der Waals surface area contributed by atoms with E-state index in [-0.39, 0.29) is 0 Å². The molecular weight excluding hydrogens is 328 g/mol. The second kappa shape index (κ2) is 10.2. The molecule has 0 heterocycles. The third-order valence-corrected chi connectivity index (χ3v) is 4.51. The number of anilines is 1. The van der Waals surface area contributed by atoms with Crippen LogP contribution in [0.1, 0.15) is 39.2 Å². The van der Waals surface area contributed by atoms with Crippen LogP contribution in [0.15, 0.2) is 22.7 Å². The van der Waals surface area contributed by atoms with Crippen LogP contribution in [0.4, 0.5) is 5.69 Å². The summed E-state index contributed by atoms with van der Waals surface area (Å²) in [5.41, 5.74) is 2.57. The van der Waals surface area contributed by atoms with Crippen molar-refractivity contribution in [2.75, 3.05) is 31.7 Å². The van der Waals surface area contributed by atoms with Crippen molar-refractivity contribution in [1.29, 1.82) is 0 Å². The molecule has 0 aliphatic carbocycles. The lowest BCUT2D eigenvalue weighted by Gasteiger charge is -2.31. The molecular formula is C17H29BrN2O. The zero-order valence-electron chi connectivity index (χ0n) is 13.8. The van der Waals surface area contributed by atoms with E-state index in [2.05, 4.69) is 65.1 Å². The second-order valence-corrected chi connectivity index (χ2v) is 6.25. The first kappa shape index (κ1) is 18.5. The maximum atomic E-state index is 5.24. The van der Waals surface area contributed by atoms with Crippen LogP contribution >= 0.6 is 15.9 Å². The molecule has 1 aromatic carbocycles. The Hall–Kier alpha value is -0.580. The van der Waals surface area contributed by atoms with Crippen LogP contribution in [0.25, 0.3) is 0 Å². The fraction of sp³-hybridized carbons (Fsp3) is 0.647. The van der Waals surface area contributed by atoms with Gasteiger partial charge < -0.3 is 15.0 Å². The van der Waals surface area contributed by atoms with Crippen molar-refractivity contribution < 1.29 is 4.74 Å². The van der Waals surface area contributed by atoms with Gasteiger partial charge in [0, 0.05) is 36.4 Å². The Labute approximate surface area is 138 Å². The van der Waals surface area contributed by atoms with Crippen molar-refractivity contribution in [3.05, 3.63) is 28.2 Å². The SMILES string of the molecule is CCCNCc1ccc(N(CCOC)C(C)CC)cc1Br. The predicted octanol–water partition coefficient (Wildman–Crippen LogP) is 4.20. The molecule has 1 unspecified atom stereocenters. The zero-order chi connectivity index (χ0) is 15.7. The number of halogens is 1. The Morgan fingerprint density at radius 2 is 2.10 bits per heavy atom. The van der Waals surface area contributed by atoms with Crippen LogP contribution in [0, 0.1) is 0 Å². The first-order chi connectivity index (χ1) is 10.1. The summed E-state index contributed by atoms with van der Waals surface area (Å²) in [5, 5.41) is 3.45. The third-order valence-electron chi connectivity index (χ3n) is 3.77. The van der Waals surface area contributed by atoms with Gasteiger partial charge in [-0.2, -0.15) is 0 Å². The standard InChI is InChI=1S/C17H29BrN2O/c1-5-9-19-13-15-7-8-16(12-17(15)18)20(10-11-21-4)14(3)6-2/h7-8,12,14,19H,5-6,9-11,13H2,1-4H3. The number of hydrogen-bond donors (Lipinski definition) is 1. The van der Waals surface area contributed by atoms with Gasteiger partial charge in [-0.3, -0.25) is 0 Å².